The highest BCUT2D eigenvalue weighted by Crippen LogP contribution is 2.31. The summed E-state index contributed by atoms with van der Waals surface area (Å²) in [5.74, 6) is -0.752. The minimum absolute atomic E-state index is 0.200. The van der Waals surface area contributed by atoms with Crippen LogP contribution in [0.4, 0.5) is 0 Å². The fraction of sp³-hybridized carbons (Fsp3) is 0.509. The van der Waals surface area contributed by atoms with Gasteiger partial charge in [-0.2, -0.15) is 0 Å². The van der Waals surface area contributed by atoms with Crippen LogP contribution in [0.2, 0.25) is 0 Å². The van der Waals surface area contributed by atoms with Gasteiger partial charge in [0.05, 0.1) is 55.8 Å². The molecule has 0 saturated heterocycles. The number of carbonyl (C=O) groups is 6. The molecular formula is C53H67ClO14. The van der Waals surface area contributed by atoms with Gasteiger partial charge < -0.3 is 37.9 Å². The molecule has 2 aliphatic rings. The molecule has 0 spiro atoms. The van der Waals surface area contributed by atoms with Gasteiger partial charge in [0, 0.05) is 12.0 Å². The third-order valence-corrected chi connectivity index (χ3v) is 11.7. The third-order valence-electron chi connectivity index (χ3n) is 11.5. The average Bonchev–Trinajstić information content (AvgIpc) is 3.34. The zero-order valence-electron chi connectivity index (χ0n) is 39.3. The second-order valence-electron chi connectivity index (χ2n) is 16.8. The summed E-state index contributed by atoms with van der Waals surface area (Å²) in [5, 5.41) is 0. The van der Waals surface area contributed by atoms with E-state index >= 15 is 0 Å². The molecule has 0 aliphatic heterocycles. The Morgan fingerprint density at radius 2 is 1.09 bits per heavy atom. The van der Waals surface area contributed by atoms with Crippen LogP contribution in [0.5, 0.6) is 17.2 Å². The number of carbonyl (C=O) groups excluding carboxylic acids is 6. The highest BCUT2D eigenvalue weighted by atomic mass is 35.5. The van der Waals surface area contributed by atoms with Crippen molar-refractivity contribution >= 4 is 47.4 Å². The Balaban J connectivity index is 1.07. The molecule has 0 radical (unpaired) electrons. The molecule has 4 rings (SSSR count). The van der Waals surface area contributed by atoms with E-state index in [9.17, 15) is 28.8 Å². The summed E-state index contributed by atoms with van der Waals surface area (Å²) in [6.07, 6.45) is 16.2. The van der Waals surface area contributed by atoms with Crippen molar-refractivity contribution in [3.05, 3.63) is 103 Å². The lowest BCUT2D eigenvalue weighted by Crippen LogP contribution is -2.30. The fourth-order valence-corrected chi connectivity index (χ4v) is 7.68. The monoisotopic (exact) mass is 962 g/mol. The first-order valence-corrected chi connectivity index (χ1v) is 24.3. The SMILES string of the molecule is C=CC(=O)OCCCCCCOc1ccc(OC(=O)[C@H]2CC[C@H](OC(=O)/C(C=C)=C/C=C(\C)OC(=O)[C@H]3CC[C@H](OC(=O)c4ccc(OCCCCCCOC(=O)CCCl)cc4)CC3)CC2)cc1. The summed E-state index contributed by atoms with van der Waals surface area (Å²) in [4.78, 5) is 74.2. The third kappa shape index (κ3) is 21.0. The summed E-state index contributed by atoms with van der Waals surface area (Å²) in [7, 11) is 0. The fourth-order valence-electron chi connectivity index (χ4n) is 7.53. The van der Waals surface area contributed by atoms with E-state index in [0.29, 0.717) is 106 Å². The topological polar surface area (TPSA) is 176 Å². The van der Waals surface area contributed by atoms with Crippen molar-refractivity contribution in [2.45, 2.75) is 128 Å². The normalized spacial score (nSPS) is 18.3. The van der Waals surface area contributed by atoms with Gasteiger partial charge in [0.2, 0.25) is 0 Å². The standard InChI is InChI=1S/C53H67ClO14/c1-4-39(50(57)66-45-26-20-42(21-27-45)53(60)68-47-30-28-44(29-31-47)62-35-11-6-8-12-36-63-48(55)5-2)15-14-38(3)65-51(58)40-18-24-46(25-19-40)67-52(59)41-16-22-43(23-17-41)61-34-10-7-9-13-37-64-49(56)32-33-54/h4-5,14-17,22-23,28-31,40,42,45-46H,1-2,6-13,18-21,24-27,32-37H2,3H3/b38-14+,39-15+/t40-,42-,45-,46-. The Labute approximate surface area is 405 Å². The van der Waals surface area contributed by atoms with Crippen LogP contribution in [-0.4, -0.2) is 80.3 Å². The van der Waals surface area contributed by atoms with Crippen molar-refractivity contribution in [2.24, 2.45) is 11.8 Å². The van der Waals surface area contributed by atoms with E-state index < -0.39 is 17.9 Å². The van der Waals surface area contributed by atoms with E-state index in [1.807, 2.05) is 0 Å². The Bertz CT molecular complexity index is 1990. The van der Waals surface area contributed by atoms with Crippen molar-refractivity contribution in [3.8, 4) is 17.2 Å². The van der Waals surface area contributed by atoms with Crippen molar-refractivity contribution in [2.75, 3.05) is 32.3 Å². The first-order valence-electron chi connectivity index (χ1n) is 23.8. The lowest BCUT2D eigenvalue weighted by atomic mass is 9.87. The van der Waals surface area contributed by atoms with Gasteiger partial charge in [0.1, 0.15) is 35.2 Å². The van der Waals surface area contributed by atoms with E-state index in [2.05, 4.69) is 13.2 Å². The predicted octanol–water partition coefficient (Wildman–Crippen LogP) is 10.4. The molecule has 0 bridgehead atoms. The maximum absolute atomic E-state index is 13.0. The van der Waals surface area contributed by atoms with Gasteiger partial charge in [-0.15, -0.1) is 11.6 Å². The van der Waals surface area contributed by atoms with Crippen LogP contribution >= 0.6 is 11.6 Å². The molecule has 0 atom stereocenters. The summed E-state index contributed by atoms with van der Waals surface area (Å²) < 4.78 is 44.4. The molecule has 2 aromatic rings. The number of rotatable bonds is 29. The zero-order chi connectivity index (χ0) is 48.9. The van der Waals surface area contributed by atoms with Gasteiger partial charge >= 0.3 is 35.8 Å². The van der Waals surface area contributed by atoms with Crippen LogP contribution in [0.25, 0.3) is 0 Å². The highest BCUT2D eigenvalue weighted by Gasteiger charge is 2.31. The summed E-state index contributed by atoms with van der Waals surface area (Å²) in [6.45, 7) is 10.6. The molecule has 2 aliphatic carbocycles. The maximum Gasteiger partial charge on any atom is 0.338 e. The number of alkyl halides is 1. The Hall–Kier alpha value is -5.89. The summed E-state index contributed by atoms with van der Waals surface area (Å²) in [6, 6.07) is 13.7. The van der Waals surface area contributed by atoms with Crippen LogP contribution < -0.4 is 14.2 Å². The molecule has 0 heterocycles. The lowest BCUT2D eigenvalue weighted by Gasteiger charge is -2.27. The molecule has 0 N–H and O–H groups in total. The number of allylic oxidation sites excluding steroid dienone is 3. The molecule has 0 unspecified atom stereocenters. The second-order valence-corrected chi connectivity index (χ2v) is 17.1. The molecule has 370 valence electrons. The molecule has 0 amide bonds. The van der Waals surface area contributed by atoms with Crippen LogP contribution in [0.3, 0.4) is 0 Å². The minimum atomic E-state index is -0.563. The van der Waals surface area contributed by atoms with Crippen LogP contribution in [0.15, 0.2) is 97.3 Å². The van der Waals surface area contributed by atoms with Crippen LogP contribution in [-0.2, 0) is 47.7 Å². The van der Waals surface area contributed by atoms with Gasteiger partial charge in [0.25, 0.3) is 0 Å². The van der Waals surface area contributed by atoms with Crippen molar-refractivity contribution < 1.29 is 66.7 Å². The molecule has 15 heteroatoms. The largest absolute Gasteiger partial charge is 0.494 e. The second kappa shape index (κ2) is 31.2. The number of ether oxygens (including phenoxy) is 8. The van der Waals surface area contributed by atoms with Crippen LogP contribution in [0, 0.1) is 11.8 Å². The van der Waals surface area contributed by atoms with E-state index in [0.717, 1.165) is 57.4 Å². The summed E-state index contributed by atoms with van der Waals surface area (Å²) in [5.41, 5.74) is 0.616. The van der Waals surface area contributed by atoms with Crippen LogP contribution in [0.1, 0.15) is 126 Å². The molecular weight excluding hydrogens is 896 g/mol. The van der Waals surface area contributed by atoms with Gasteiger partial charge in [-0.05, 0) is 170 Å². The smallest absolute Gasteiger partial charge is 0.338 e. The van der Waals surface area contributed by atoms with E-state index in [4.69, 9.17) is 49.5 Å². The number of unbranched alkanes of at least 4 members (excludes halogenated alkanes) is 6. The van der Waals surface area contributed by atoms with Crippen molar-refractivity contribution in [1.29, 1.82) is 0 Å². The summed E-state index contributed by atoms with van der Waals surface area (Å²) >= 11 is 5.53. The minimum Gasteiger partial charge on any atom is -0.494 e. The first-order chi connectivity index (χ1) is 33.0. The number of halogens is 1. The molecule has 2 fully saturated rings. The Kier molecular flexibility index (Phi) is 25.1. The Morgan fingerprint density at radius 3 is 1.63 bits per heavy atom. The zero-order valence-corrected chi connectivity index (χ0v) is 40.1. The van der Waals surface area contributed by atoms with Crippen molar-refractivity contribution in [1.82, 2.24) is 0 Å². The van der Waals surface area contributed by atoms with Gasteiger partial charge in [-0.1, -0.05) is 19.2 Å². The molecule has 2 saturated carbocycles. The average molecular weight is 964 g/mol. The number of hydrogen-bond donors (Lipinski definition) is 0. The van der Waals surface area contributed by atoms with Gasteiger partial charge in [0.15, 0.2) is 0 Å². The lowest BCUT2D eigenvalue weighted by molar-refractivity contribution is -0.148. The first kappa shape index (κ1) is 54.7. The van der Waals surface area contributed by atoms with Gasteiger partial charge in [-0.25, -0.2) is 14.4 Å². The molecule has 2 aromatic carbocycles. The maximum atomic E-state index is 13.0. The van der Waals surface area contributed by atoms with Gasteiger partial charge in [-0.3, -0.25) is 14.4 Å². The van der Waals surface area contributed by atoms with E-state index in [1.165, 1.54) is 18.2 Å². The van der Waals surface area contributed by atoms with E-state index in [1.54, 1.807) is 55.5 Å². The molecule has 0 aromatic heterocycles. The number of benzene rings is 2. The molecule has 68 heavy (non-hydrogen) atoms. The van der Waals surface area contributed by atoms with Crippen molar-refractivity contribution in [3.63, 3.8) is 0 Å². The highest BCUT2D eigenvalue weighted by molar-refractivity contribution is 6.18. The molecule has 14 nitrogen and oxygen atoms in total. The predicted molar refractivity (Wildman–Crippen MR) is 255 cm³/mol. The number of hydrogen-bond acceptors (Lipinski definition) is 14. The quantitative estimate of drug-likeness (QED) is 0.0110. The van der Waals surface area contributed by atoms with E-state index in [-0.39, 0.29) is 59.8 Å². The Morgan fingerprint density at radius 1 is 0.588 bits per heavy atom. The number of esters is 6.